The molecular formula is C15H15NO2. The molecule has 0 fully saturated rings. The summed E-state index contributed by atoms with van der Waals surface area (Å²) in [6.07, 6.45) is 1.51. The minimum absolute atomic E-state index is 0.547. The first-order valence-corrected chi connectivity index (χ1v) is 5.76. The fourth-order valence-electron chi connectivity index (χ4n) is 1.60. The average Bonchev–Trinajstić information content (AvgIpc) is 2.38. The van der Waals surface area contributed by atoms with Crippen LogP contribution in [-0.4, -0.2) is 18.0 Å². The number of hydroxylamine groups is 1. The maximum Gasteiger partial charge on any atom is 0.181 e. The summed E-state index contributed by atoms with van der Waals surface area (Å²) in [5.41, 5.74) is 1.99. The van der Waals surface area contributed by atoms with Crippen LogP contribution in [0.3, 0.4) is 0 Å². The van der Waals surface area contributed by atoms with Crippen molar-refractivity contribution >= 4 is 6.21 Å². The van der Waals surface area contributed by atoms with E-state index >= 15 is 0 Å². The summed E-state index contributed by atoms with van der Waals surface area (Å²) in [7, 11) is 1.46. The Morgan fingerprint density at radius 3 is 2.33 bits per heavy atom. The van der Waals surface area contributed by atoms with Gasteiger partial charge in [-0.1, -0.05) is 30.3 Å². The van der Waals surface area contributed by atoms with E-state index in [4.69, 9.17) is 4.74 Å². The lowest BCUT2D eigenvalue weighted by Gasteiger charge is -2.06. The van der Waals surface area contributed by atoms with Gasteiger partial charge in [0.25, 0.3) is 0 Å². The fourth-order valence-corrected chi connectivity index (χ4v) is 1.60. The van der Waals surface area contributed by atoms with Crippen LogP contribution in [0.25, 0.3) is 0 Å². The predicted octanol–water partition coefficient (Wildman–Crippen LogP) is 2.82. The molecule has 0 heterocycles. The summed E-state index contributed by atoms with van der Waals surface area (Å²) >= 11 is 0. The second-order valence-corrected chi connectivity index (χ2v) is 4.02. The second kappa shape index (κ2) is 5.87. The molecule has 0 saturated carbocycles. The summed E-state index contributed by atoms with van der Waals surface area (Å²) in [4.78, 5) is 0. The molecular weight excluding hydrogens is 226 g/mol. The Labute approximate surface area is 107 Å². The number of nitrogens with zero attached hydrogens (tertiary/aromatic N) is 1. The summed E-state index contributed by atoms with van der Waals surface area (Å²) < 4.78 is 6.42. The average molecular weight is 241 g/mol. The predicted molar refractivity (Wildman–Crippen MR) is 71.9 cm³/mol. The Balaban J connectivity index is 1.97. The van der Waals surface area contributed by atoms with Crippen molar-refractivity contribution in [3.05, 3.63) is 70.9 Å². The fraction of sp³-hybridized carbons (Fsp3) is 0.133. The van der Waals surface area contributed by atoms with Crippen molar-refractivity contribution in [3.8, 4) is 5.75 Å². The lowest BCUT2D eigenvalue weighted by molar-refractivity contribution is -0.416. The van der Waals surface area contributed by atoms with Gasteiger partial charge < -0.3 is 9.94 Å². The number of benzene rings is 2. The molecule has 18 heavy (non-hydrogen) atoms. The van der Waals surface area contributed by atoms with Gasteiger partial charge in [0.2, 0.25) is 0 Å². The zero-order chi connectivity index (χ0) is 12.8. The van der Waals surface area contributed by atoms with E-state index in [1.807, 2.05) is 54.6 Å². The van der Waals surface area contributed by atoms with E-state index in [2.05, 4.69) is 0 Å². The van der Waals surface area contributed by atoms with Gasteiger partial charge in [0.05, 0.1) is 0 Å². The number of hydrogen-bond acceptors (Lipinski definition) is 2. The molecule has 3 heteroatoms. The van der Waals surface area contributed by atoms with Crippen molar-refractivity contribution in [2.75, 3.05) is 7.05 Å². The lowest BCUT2D eigenvalue weighted by atomic mass is 10.2. The SMILES string of the molecule is C/[N+]([O-])=C\c1ccc(OCc2ccccc2)cc1. The van der Waals surface area contributed by atoms with Crippen molar-refractivity contribution in [2.24, 2.45) is 0 Å². The molecule has 0 atom stereocenters. The van der Waals surface area contributed by atoms with E-state index in [1.54, 1.807) is 0 Å². The van der Waals surface area contributed by atoms with E-state index in [1.165, 1.54) is 13.3 Å². The zero-order valence-corrected chi connectivity index (χ0v) is 10.2. The number of ether oxygens (including phenoxy) is 1. The van der Waals surface area contributed by atoms with Gasteiger partial charge in [-0.15, -0.1) is 0 Å². The van der Waals surface area contributed by atoms with Crippen molar-refractivity contribution < 1.29 is 9.48 Å². The van der Waals surface area contributed by atoms with Crippen molar-refractivity contribution in [3.63, 3.8) is 0 Å². The standard InChI is InChI=1S/C15H15NO2/c1-16(17)11-13-7-9-15(10-8-13)18-12-14-5-3-2-4-6-14/h2-11H,12H2,1H3/b16-11+. The summed E-state index contributed by atoms with van der Waals surface area (Å²) in [6, 6.07) is 17.4. The number of rotatable bonds is 4. The molecule has 0 radical (unpaired) electrons. The molecule has 0 bridgehead atoms. The van der Waals surface area contributed by atoms with Crippen LogP contribution in [0, 0.1) is 5.21 Å². The largest absolute Gasteiger partial charge is 0.624 e. The van der Waals surface area contributed by atoms with E-state index in [0.29, 0.717) is 6.61 Å². The Kier molecular flexibility index (Phi) is 3.97. The molecule has 0 aromatic heterocycles. The van der Waals surface area contributed by atoms with E-state index < -0.39 is 0 Å². The smallest absolute Gasteiger partial charge is 0.181 e. The molecule has 0 amide bonds. The third-order valence-electron chi connectivity index (χ3n) is 2.46. The third-order valence-corrected chi connectivity index (χ3v) is 2.46. The lowest BCUT2D eigenvalue weighted by Crippen LogP contribution is -1.98. The van der Waals surface area contributed by atoms with E-state index in [9.17, 15) is 5.21 Å². The van der Waals surface area contributed by atoms with Crippen LogP contribution in [0.4, 0.5) is 0 Å². The van der Waals surface area contributed by atoms with Gasteiger partial charge in [-0.05, 0) is 29.8 Å². The van der Waals surface area contributed by atoms with Crippen molar-refractivity contribution in [2.45, 2.75) is 6.61 Å². The number of hydrogen-bond donors (Lipinski definition) is 0. The third kappa shape index (κ3) is 3.63. The highest BCUT2D eigenvalue weighted by Crippen LogP contribution is 2.13. The van der Waals surface area contributed by atoms with Crippen LogP contribution in [0.5, 0.6) is 5.75 Å². The van der Waals surface area contributed by atoms with Crippen LogP contribution in [0.2, 0.25) is 0 Å². The van der Waals surface area contributed by atoms with Gasteiger partial charge in [-0.2, -0.15) is 0 Å². The highest BCUT2D eigenvalue weighted by atomic mass is 16.5. The van der Waals surface area contributed by atoms with Crippen molar-refractivity contribution in [1.82, 2.24) is 0 Å². The Hall–Kier alpha value is -2.29. The Morgan fingerprint density at radius 1 is 1.06 bits per heavy atom. The van der Waals surface area contributed by atoms with Crippen LogP contribution < -0.4 is 4.74 Å². The molecule has 0 aliphatic rings. The molecule has 0 N–H and O–H groups in total. The first kappa shape index (κ1) is 12.2. The molecule has 92 valence electrons. The molecule has 3 nitrogen and oxygen atoms in total. The van der Waals surface area contributed by atoms with Crippen LogP contribution in [0.15, 0.2) is 54.6 Å². The van der Waals surface area contributed by atoms with Gasteiger partial charge in [0, 0.05) is 5.56 Å². The molecule has 0 aliphatic carbocycles. The molecule has 2 aromatic carbocycles. The Bertz CT molecular complexity index is 514. The van der Waals surface area contributed by atoms with Gasteiger partial charge in [-0.3, -0.25) is 0 Å². The van der Waals surface area contributed by atoms with Gasteiger partial charge in [0.15, 0.2) is 6.21 Å². The van der Waals surface area contributed by atoms with E-state index in [0.717, 1.165) is 21.6 Å². The Morgan fingerprint density at radius 2 is 1.72 bits per heavy atom. The topological polar surface area (TPSA) is 35.3 Å². The second-order valence-electron chi connectivity index (χ2n) is 4.02. The van der Waals surface area contributed by atoms with Gasteiger partial charge in [-0.25, -0.2) is 4.74 Å². The monoisotopic (exact) mass is 241 g/mol. The minimum Gasteiger partial charge on any atom is -0.624 e. The molecule has 0 aliphatic heterocycles. The molecule has 0 saturated heterocycles. The summed E-state index contributed by atoms with van der Waals surface area (Å²) in [5, 5.41) is 10.8. The van der Waals surface area contributed by atoms with Crippen molar-refractivity contribution in [1.29, 1.82) is 0 Å². The van der Waals surface area contributed by atoms with E-state index in [-0.39, 0.29) is 0 Å². The van der Waals surface area contributed by atoms with Gasteiger partial charge in [0.1, 0.15) is 19.4 Å². The highest BCUT2D eigenvalue weighted by molar-refractivity contribution is 5.75. The highest BCUT2D eigenvalue weighted by Gasteiger charge is 1.97. The molecule has 2 aromatic rings. The molecule has 0 unspecified atom stereocenters. The summed E-state index contributed by atoms with van der Waals surface area (Å²) in [6.45, 7) is 0.547. The molecule has 2 rings (SSSR count). The normalized spacial score (nSPS) is 11.3. The molecule has 0 spiro atoms. The van der Waals surface area contributed by atoms with Crippen LogP contribution in [0.1, 0.15) is 11.1 Å². The van der Waals surface area contributed by atoms with Gasteiger partial charge >= 0.3 is 0 Å². The first-order valence-electron chi connectivity index (χ1n) is 5.76. The maximum absolute atomic E-state index is 10.8. The van der Waals surface area contributed by atoms with Crippen LogP contribution >= 0.6 is 0 Å². The van der Waals surface area contributed by atoms with Crippen LogP contribution in [-0.2, 0) is 6.61 Å². The summed E-state index contributed by atoms with van der Waals surface area (Å²) in [5.74, 6) is 0.796. The first-order chi connectivity index (χ1) is 8.74. The maximum atomic E-state index is 10.8. The quantitative estimate of drug-likeness (QED) is 0.357. The minimum atomic E-state index is 0.547. The zero-order valence-electron chi connectivity index (χ0n) is 10.2.